The van der Waals surface area contributed by atoms with Crippen molar-refractivity contribution in [3.63, 3.8) is 0 Å². The topological polar surface area (TPSA) is 29.1 Å². The molecule has 2 nitrogen and oxygen atoms in total. The van der Waals surface area contributed by atoms with Gasteiger partial charge in [0.2, 0.25) is 0 Å². The molecule has 2 atom stereocenters. The van der Waals surface area contributed by atoms with Gasteiger partial charge in [0.05, 0.1) is 12.7 Å². The molecule has 1 aromatic rings. The minimum absolute atomic E-state index is 0.0334. The molecule has 0 N–H and O–H groups in total. The van der Waals surface area contributed by atoms with E-state index < -0.39 is 0 Å². The standard InChI is InChI=1S/C20H29O2/c21-16-9-13-19-12-7-2-1-3-8-17-22-20(19)15-14-18-10-5-4-6-11-18/h4-6,10-11,14-15,19-20H,1-3,7-9,12-13,16-17H2. The molecule has 2 heteroatoms. The van der Waals surface area contributed by atoms with E-state index >= 15 is 0 Å². The molecule has 1 heterocycles. The van der Waals surface area contributed by atoms with E-state index in [1.54, 1.807) is 0 Å². The highest BCUT2D eigenvalue weighted by Crippen LogP contribution is 2.25. The Kier molecular flexibility index (Phi) is 8.29. The van der Waals surface area contributed by atoms with Crippen molar-refractivity contribution in [3.8, 4) is 0 Å². The van der Waals surface area contributed by atoms with Gasteiger partial charge in [-0.2, -0.15) is 0 Å². The predicted molar refractivity (Wildman–Crippen MR) is 91.2 cm³/mol. The Morgan fingerprint density at radius 2 is 1.82 bits per heavy atom. The van der Waals surface area contributed by atoms with Gasteiger partial charge in [0.15, 0.2) is 0 Å². The molecule has 1 aliphatic heterocycles. The Hall–Kier alpha value is -1.12. The van der Waals surface area contributed by atoms with Crippen molar-refractivity contribution in [3.05, 3.63) is 42.0 Å². The van der Waals surface area contributed by atoms with Crippen molar-refractivity contribution in [2.24, 2.45) is 5.92 Å². The van der Waals surface area contributed by atoms with Crippen LogP contribution in [0.1, 0.15) is 56.9 Å². The van der Waals surface area contributed by atoms with Crippen LogP contribution in [-0.4, -0.2) is 19.3 Å². The van der Waals surface area contributed by atoms with Crippen LogP contribution in [0.5, 0.6) is 0 Å². The first-order chi connectivity index (χ1) is 10.9. The zero-order valence-electron chi connectivity index (χ0n) is 13.6. The van der Waals surface area contributed by atoms with Gasteiger partial charge in [0, 0.05) is 6.61 Å². The van der Waals surface area contributed by atoms with E-state index in [4.69, 9.17) is 4.74 Å². The van der Waals surface area contributed by atoms with Gasteiger partial charge in [0.25, 0.3) is 0 Å². The van der Waals surface area contributed by atoms with E-state index in [0.717, 1.165) is 25.9 Å². The van der Waals surface area contributed by atoms with Crippen molar-refractivity contribution in [1.29, 1.82) is 0 Å². The second-order valence-corrected chi connectivity index (χ2v) is 6.27. The number of hydrogen-bond acceptors (Lipinski definition) is 1. The van der Waals surface area contributed by atoms with Crippen molar-refractivity contribution >= 4 is 6.08 Å². The fourth-order valence-corrected chi connectivity index (χ4v) is 3.20. The summed E-state index contributed by atoms with van der Waals surface area (Å²) in [6.45, 7) is 0.878. The van der Waals surface area contributed by atoms with E-state index in [9.17, 15) is 5.11 Å². The molecular formula is C20H29O2. The number of rotatable bonds is 5. The summed E-state index contributed by atoms with van der Waals surface area (Å²) in [5.41, 5.74) is 1.21. The second kappa shape index (κ2) is 10.6. The van der Waals surface area contributed by atoms with Gasteiger partial charge in [-0.05, 0) is 37.2 Å². The highest BCUT2D eigenvalue weighted by Gasteiger charge is 2.20. The summed E-state index contributed by atoms with van der Waals surface area (Å²) < 4.78 is 6.16. The Labute approximate surface area is 135 Å². The Morgan fingerprint density at radius 1 is 1.05 bits per heavy atom. The molecule has 1 fully saturated rings. The monoisotopic (exact) mass is 301 g/mol. The van der Waals surface area contributed by atoms with Crippen molar-refractivity contribution < 1.29 is 9.84 Å². The molecular weight excluding hydrogens is 272 g/mol. The van der Waals surface area contributed by atoms with E-state index in [-0.39, 0.29) is 12.7 Å². The summed E-state index contributed by atoms with van der Waals surface area (Å²) in [6, 6.07) is 10.4. The fraction of sp³-hybridized carbons (Fsp3) is 0.600. The molecule has 121 valence electrons. The molecule has 0 saturated carbocycles. The summed E-state index contributed by atoms with van der Waals surface area (Å²) in [5, 5.41) is 10.9. The first-order valence-corrected chi connectivity index (χ1v) is 8.83. The average molecular weight is 301 g/mol. The first kappa shape index (κ1) is 17.2. The first-order valence-electron chi connectivity index (χ1n) is 8.83. The summed E-state index contributed by atoms with van der Waals surface area (Å²) in [5.74, 6) is 0.493. The van der Waals surface area contributed by atoms with Gasteiger partial charge in [-0.25, -0.2) is 5.11 Å². The van der Waals surface area contributed by atoms with Crippen LogP contribution in [0, 0.1) is 5.92 Å². The van der Waals surface area contributed by atoms with Crippen LogP contribution in [0.2, 0.25) is 0 Å². The van der Waals surface area contributed by atoms with E-state index in [2.05, 4.69) is 36.4 Å². The second-order valence-electron chi connectivity index (χ2n) is 6.27. The smallest absolute Gasteiger partial charge is 0.0822 e. The third-order valence-electron chi connectivity index (χ3n) is 4.49. The number of hydrogen-bond donors (Lipinski definition) is 0. The molecule has 1 aromatic carbocycles. The Balaban J connectivity index is 2.02. The van der Waals surface area contributed by atoms with Crippen molar-refractivity contribution in [1.82, 2.24) is 0 Å². The third-order valence-corrected chi connectivity index (χ3v) is 4.49. The molecule has 1 radical (unpaired) electrons. The zero-order chi connectivity index (χ0) is 15.5. The average Bonchev–Trinajstić information content (AvgIpc) is 2.57. The molecule has 1 saturated heterocycles. The zero-order valence-corrected chi connectivity index (χ0v) is 13.6. The Bertz CT molecular complexity index is 413. The molecule has 0 aliphatic carbocycles. The van der Waals surface area contributed by atoms with Crippen molar-refractivity contribution in [2.75, 3.05) is 13.2 Å². The summed E-state index contributed by atoms with van der Waals surface area (Å²) in [4.78, 5) is 0. The van der Waals surface area contributed by atoms with Gasteiger partial charge in [-0.15, -0.1) is 0 Å². The minimum Gasteiger partial charge on any atom is -0.374 e. The fourth-order valence-electron chi connectivity index (χ4n) is 3.20. The minimum atomic E-state index is 0.0334. The van der Waals surface area contributed by atoms with Gasteiger partial charge in [0.1, 0.15) is 0 Å². The van der Waals surface area contributed by atoms with Crippen LogP contribution in [-0.2, 0) is 9.84 Å². The van der Waals surface area contributed by atoms with Gasteiger partial charge in [-0.3, -0.25) is 0 Å². The van der Waals surface area contributed by atoms with Crippen LogP contribution < -0.4 is 0 Å². The molecule has 0 amide bonds. The molecule has 0 aromatic heterocycles. The molecule has 22 heavy (non-hydrogen) atoms. The number of ether oxygens (including phenoxy) is 1. The van der Waals surface area contributed by atoms with Gasteiger partial charge < -0.3 is 4.74 Å². The van der Waals surface area contributed by atoms with Crippen molar-refractivity contribution in [2.45, 2.75) is 57.5 Å². The molecule has 0 bridgehead atoms. The highest BCUT2D eigenvalue weighted by atomic mass is 16.5. The maximum atomic E-state index is 10.9. The van der Waals surface area contributed by atoms with Crippen LogP contribution in [0.4, 0.5) is 0 Å². The summed E-state index contributed by atoms with van der Waals surface area (Å²) >= 11 is 0. The third kappa shape index (κ3) is 6.33. The van der Waals surface area contributed by atoms with Gasteiger partial charge in [-0.1, -0.05) is 68.2 Å². The molecule has 2 rings (SSSR count). The lowest BCUT2D eigenvalue weighted by Gasteiger charge is -2.26. The maximum absolute atomic E-state index is 10.9. The molecule has 0 spiro atoms. The summed E-state index contributed by atoms with van der Waals surface area (Å²) in [7, 11) is 0. The SMILES string of the molecule is [O]CCCC1CCCCCCCOC1C=Cc1ccccc1. The predicted octanol–water partition coefficient (Wildman–Crippen LogP) is 5.27. The number of benzene rings is 1. The van der Waals surface area contributed by atoms with Crippen LogP contribution in [0.15, 0.2) is 36.4 Å². The highest BCUT2D eigenvalue weighted by molar-refractivity contribution is 5.49. The quantitative estimate of drug-likeness (QED) is 0.728. The normalized spacial score (nSPS) is 24.4. The van der Waals surface area contributed by atoms with E-state index in [1.165, 1.54) is 37.7 Å². The van der Waals surface area contributed by atoms with Crippen LogP contribution in [0.25, 0.3) is 6.08 Å². The maximum Gasteiger partial charge on any atom is 0.0822 e. The van der Waals surface area contributed by atoms with Crippen LogP contribution >= 0.6 is 0 Å². The van der Waals surface area contributed by atoms with Gasteiger partial charge >= 0.3 is 0 Å². The lowest BCUT2D eigenvalue weighted by Crippen LogP contribution is -2.24. The molecule has 2 unspecified atom stereocenters. The summed E-state index contributed by atoms with van der Waals surface area (Å²) in [6.07, 6.45) is 13.8. The lowest BCUT2D eigenvalue weighted by molar-refractivity contribution is 0.0300. The lowest BCUT2D eigenvalue weighted by atomic mass is 9.89. The largest absolute Gasteiger partial charge is 0.374 e. The molecule has 1 aliphatic rings. The van der Waals surface area contributed by atoms with E-state index in [1.807, 2.05) is 6.07 Å². The Morgan fingerprint density at radius 3 is 2.64 bits per heavy atom. The van der Waals surface area contributed by atoms with Crippen LogP contribution in [0.3, 0.4) is 0 Å². The van der Waals surface area contributed by atoms with E-state index in [0.29, 0.717) is 5.92 Å².